The van der Waals surface area contributed by atoms with Gasteiger partial charge < -0.3 is 4.74 Å². The molecule has 0 N–H and O–H groups in total. The zero-order chi connectivity index (χ0) is 15.5. The number of aryl methyl sites for hydroxylation is 1. The van der Waals surface area contributed by atoms with Gasteiger partial charge in [0.2, 0.25) is 5.88 Å². The second kappa shape index (κ2) is 5.89. The summed E-state index contributed by atoms with van der Waals surface area (Å²) in [6, 6.07) is 13.5. The normalized spacial score (nSPS) is 10.5. The van der Waals surface area contributed by atoms with Crippen LogP contribution in [0.4, 0.5) is 4.39 Å². The van der Waals surface area contributed by atoms with Gasteiger partial charge >= 0.3 is 0 Å². The molecule has 0 saturated heterocycles. The van der Waals surface area contributed by atoms with Crippen molar-refractivity contribution in [1.82, 2.24) is 15.0 Å². The van der Waals surface area contributed by atoms with Crippen molar-refractivity contribution in [2.75, 3.05) is 7.11 Å². The van der Waals surface area contributed by atoms with Crippen LogP contribution in [0.5, 0.6) is 5.88 Å². The number of nitrogens with zero attached hydrogens (tertiary/aromatic N) is 3. The first-order valence-electron chi connectivity index (χ1n) is 6.79. The molecule has 0 aliphatic rings. The van der Waals surface area contributed by atoms with Crippen LogP contribution in [0.2, 0.25) is 0 Å². The molecular weight excluding hydrogens is 281 g/mol. The molecule has 0 amide bonds. The fourth-order valence-corrected chi connectivity index (χ4v) is 2.10. The predicted molar refractivity (Wildman–Crippen MR) is 81.9 cm³/mol. The topological polar surface area (TPSA) is 47.9 Å². The van der Waals surface area contributed by atoms with Gasteiger partial charge in [0.1, 0.15) is 11.5 Å². The highest BCUT2D eigenvalue weighted by Crippen LogP contribution is 2.22. The summed E-state index contributed by atoms with van der Waals surface area (Å²) in [5, 5.41) is 0. The van der Waals surface area contributed by atoms with Crippen molar-refractivity contribution >= 4 is 0 Å². The van der Waals surface area contributed by atoms with Crippen LogP contribution in [-0.2, 0) is 0 Å². The molecule has 3 aromatic rings. The van der Waals surface area contributed by atoms with Crippen LogP contribution in [0.3, 0.4) is 0 Å². The van der Waals surface area contributed by atoms with Gasteiger partial charge in [-0.05, 0) is 43.3 Å². The molecule has 110 valence electrons. The van der Waals surface area contributed by atoms with E-state index in [2.05, 4.69) is 15.0 Å². The van der Waals surface area contributed by atoms with Crippen molar-refractivity contribution in [1.29, 1.82) is 0 Å². The Hall–Kier alpha value is -2.82. The summed E-state index contributed by atoms with van der Waals surface area (Å²) in [4.78, 5) is 13.3. The number of ether oxygens (including phenoxy) is 1. The van der Waals surface area contributed by atoms with E-state index in [4.69, 9.17) is 4.74 Å². The summed E-state index contributed by atoms with van der Waals surface area (Å²) in [6.07, 6.45) is 0. The van der Waals surface area contributed by atoms with E-state index in [1.165, 1.54) is 12.1 Å². The molecule has 0 radical (unpaired) electrons. The smallest absolute Gasteiger partial charge is 0.216 e. The molecule has 5 heteroatoms. The first kappa shape index (κ1) is 14.1. The number of hydrogen-bond acceptors (Lipinski definition) is 4. The minimum Gasteiger partial charge on any atom is -0.481 e. The van der Waals surface area contributed by atoms with Crippen LogP contribution in [0.1, 0.15) is 5.69 Å². The summed E-state index contributed by atoms with van der Waals surface area (Å²) in [5.41, 5.74) is 3.02. The number of rotatable bonds is 3. The van der Waals surface area contributed by atoms with Crippen LogP contribution >= 0.6 is 0 Å². The number of hydrogen-bond donors (Lipinski definition) is 0. The van der Waals surface area contributed by atoms with Crippen molar-refractivity contribution in [2.45, 2.75) is 6.92 Å². The minimum atomic E-state index is -0.272. The van der Waals surface area contributed by atoms with Crippen molar-refractivity contribution in [2.24, 2.45) is 0 Å². The fraction of sp³-hybridized carbons (Fsp3) is 0.118. The number of halogens is 1. The highest BCUT2D eigenvalue weighted by atomic mass is 19.1. The van der Waals surface area contributed by atoms with E-state index in [1.807, 2.05) is 25.1 Å². The van der Waals surface area contributed by atoms with Crippen molar-refractivity contribution < 1.29 is 9.13 Å². The zero-order valence-corrected chi connectivity index (χ0v) is 12.2. The van der Waals surface area contributed by atoms with Gasteiger partial charge in [-0.3, -0.25) is 0 Å². The van der Waals surface area contributed by atoms with Gasteiger partial charge in [-0.2, -0.15) is 4.98 Å². The molecule has 0 aliphatic heterocycles. The van der Waals surface area contributed by atoms with Crippen LogP contribution in [0.15, 0.2) is 48.5 Å². The molecule has 0 fully saturated rings. The van der Waals surface area contributed by atoms with Gasteiger partial charge in [0, 0.05) is 17.3 Å². The highest BCUT2D eigenvalue weighted by molar-refractivity contribution is 5.63. The Morgan fingerprint density at radius 3 is 2.36 bits per heavy atom. The molecule has 3 rings (SSSR count). The van der Waals surface area contributed by atoms with Gasteiger partial charge in [0.15, 0.2) is 5.82 Å². The monoisotopic (exact) mass is 295 g/mol. The Kier molecular flexibility index (Phi) is 3.78. The summed E-state index contributed by atoms with van der Waals surface area (Å²) in [7, 11) is 1.56. The number of methoxy groups -OCH3 is 1. The first-order valence-corrected chi connectivity index (χ1v) is 6.79. The molecule has 22 heavy (non-hydrogen) atoms. The van der Waals surface area contributed by atoms with Crippen molar-refractivity contribution in [3.05, 3.63) is 60.0 Å². The molecule has 0 unspecified atom stereocenters. The molecule has 0 atom stereocenters. The summed E-state index contributed by atoms with van der Waals surface area (Å²) in [5.74, 6) is 0.726. The molecule has 0 saturated carbocycles. The first-order chi connectivity index (χ1) is 10.7. The third-order valence-corrected chi connectivity index (χ3v) is 3.16. The maximum absolute atomic E-state index is 13.0. The molecule has 2 heterocycles. The van der Waals surface area contributed by atoms with Gasteiger partial charge in [0.25, 0.3) is 0 Å². The van der Waals surface area contributed by atoms with Crippen LogP contribution in [-0.4, -0.2) is 22.1 Å². The van der Waals surface area contributed by atoms with E-state index in [1.54, 1.807) is 25.3 Å². The quantitative estimate of drug-likeness (QED) is 0.740. The lowest BCUT2D eigenvalue weighted by Crippen LogP contribution is -1.98. The number of pyridine rings is 1. The lowest BCUT2D eigenvalue weighted by molar-refractivity contribution is 0.397. The number of aromatic nitrogens is 3. The van der Waals surface area contributed by atoms with E-state index < -0.39 is 0 Å². The van der Waals surface area contributed by atoms with Crippen LogP contribution < -0.4 is 4.74 Å². The zero-order valence-electron chi connectivity index (χ0n) is 12.2. The van der Waals surface area contributed by atoms with Gasteiger partial charge in [-0.1, -0.05) is 6.07 Å². The van der Waals surface area contributed by atoms with Crippen LogP contribution in [0, 0.1) is 12.7 Å². The SMILES string of the molecule is COc1cc(C)nc(-c2cccc(-c3ccc(F)cc3)n2)n1. The third-order valence-electron chi connectivity index (χ3n) is 3.16. The molecule has 0 bridgehead atoms. The van der Waals surface area contributed by atoms with Crippen LogP contribution in [0.25, 0.3) is 22.8 Å². The summed E-state index contributed by atoms with van der Waals surface area (Å²) < 4.78 is 18.2. The number of benzene rings is 1. The molecule has 0 spiro atoms. The van der Waals surface area contributed by atoms with E-state index in [9.17, 15) is 4.39 Å². The standard InChI is InChI=1S/C17H14FN3O/c1-11-10-16(22-2)21-17(19-11)15-5-3-4-14(20-15)12-6-8-13(18)9-7-12/h3-10H,1-2H3. The molecule has 4 nitrogen and oxygen atoms in total. The Balaban J connectivity index is 2.04. The molecular formula is C17H14FN3O. The van der Waals surface area contributed by atoms with E-state index in [0.29, 0.717) is 17.4 Å². The van der Waals surface area contributed by atoms with E-state index >= 15 is 0 Å². The van der Waals surface area contributed by atoms with Crippen molar-refractivity contribution in [3.8, 4) is 28.7 Å². The lowest BCUT2D eigenvalue weighted by Gasteiger charge is -2.06. The van der Waals surface area contributed by atoms with Gasteiger partial charge in [-0.15, -0.1) is 0 Å². The maximum atomic E-state index is 13.0. The Bertz CT molecular complexity index is 803. The average Bonchev–Trinajstić information content (AvgIpc) is 2.55. The second-order valence-corrected chi connectivity index (χ2v) is 4.79. The highest BCUT2D eigenvalue weighted by Gasteiger charge is 2.08. The van der Waals surface area contributed by atoms with Gasteiger partial charge in [0.05, 0.1) is 12.8 Å². The summed E-state index contributed by atoms with van der Waals surface area (Å²) in [6.45, 7) is 1.87. The third kappa shape index (κ3) is 2.93. The van der Waals surface area contributed by atoms with Crippen molar-refractivity contribution in [3.63, 3.8) is 0 Å². The Morgan fingerprint density at radius 2 is 1.64 bits per heavy atom. The fourth-order valence-electron chi connectivity index (χ4n) is 2.10. The van der Waals surface area contributed by atoms with Gasteiger partial charge in [-0.25, -0.2) is 14.4 Å². The lowest BCUT2D eigenvalue weighted by atomic mass is 10.1. The maximum Gasteiger partial charge on any atom is 0.216 e. The molecule has 1 aromatic carbocycles. The largest absolute Gasteiger partial charge is 0.481 e. The van der Waals surface area contributed by atoms with E-state index in [-0.39, 0.29) is 5.82 Å². The Morgan fingerprint density at radius 1 is 0.909 bits per heavy atom. The minimum absolute atomic E-state index is 0.272. The second-order valence-electron chi connectivity index (χ2n) is 4.79. The average molecular weight is 295 g/mol. The summed E-state index contributed by atoms with van der Waals surface area (Å²) >= 11 is 0. The predicted octanol–water partition coefficient (Wildman–Crippen LogP) is 3.66. The molecule has 2 aromatic heterocycles. The molecule has 0 aliphatic carbocycles. The van der Waals surface area contributed by atoms with E-state index in [0.717, 1.165) is 17.0 Å². The Labute approximate surface area is 127 Å².